The molecule has 1 heterocycles. The molecule has 9 heteroatoms. The third kappa shape index (κ3) is 5.77. The highest BCUT2D eigenvalue weighted by molar-refractivity contribution is 7.89. The van der Waals surface area contributed by atoms with Gasteiger partial charge in [-0.3, -0.25) is 4.79 Å². The predicted octanol–water partition coefficient (Wildman–Crippen LogP) is 3.38. The van der Waals surface area contributed by atoms with E-state index in [1.165, 1.54) is 22.5 Å². The Morgan fingerprint density at radius 2 is 1.77 bits per heavy atom. The van der Waals surface area contributed by atoms with Crippen molar-refractivity contribution in [3.63, 3.8) is 0 Å². The molecule has 0 radical (unpaired) electrons. The number of ether oxygens (including phenoxy) is 1. The molecule has 168 valence electrons. The Labute approximate surface area is 188 Å². The van der Waals surface area contributed by atoms with Crippen molar-refractivity contribution in [2.75, 3.05) is 26.7 Å². The molecule has 2 aromatic carbocycles. The lowest BCUT2D eigenvalue weighted by atomic mass is 10.1. The van der Waals surface area contributed by atoms with E-state index in [2.05, 4.69) is 5.32 Å². The van der Waals surface area contributed by atoms with Gasteiger partial charge in [0.25, 0.3) is 5.91 Å². The van der Waals surface area contributed by atoms with Gasteiger partial charge in [-0.1, -0.05) is 36.6 Å². The van der Waals surface area contributed by atoms with Crippen molar-refractivity contribution in [3.05, 3.63) is 58.6 Å². The first kappa shape index (κ1) is 23.5. The second-order valence-corrected chi connectivity index (χ2v) is 9.78. The van der Waals surface area contributed by atoms with Crippen molar-refractivity contribution < 1.29 is 23.1 Å². The number of nitrogens with one attached hydrogen (secondary N) is 1. The van der Waals surface area contributed by atoms with E-state index in [9.17, 15) is 18.3 Å². The highest BCUT2D eigenvalue weighted by Crippen LogP contribution is 2.28. The summed E-state index contributed by atoms with van der Waals surface area (Å²) in [4.78, 5) is 12.5. The zero-order valence-corrected chi connectivity index (χ0v) is 19.0. The van der Waals surface area contributed by atoms with Gasteiger partial charge in [0.1, 0.15) is 10.6 Å². The molecule has 2 aromatic rings. The van der Waals surface area contributed by atoms with Gasteiger partial charge in [-0.2, -0.15) is 4.31 Å². The summed E-state index contributed by atoms with van der Waals surface area (Å²) in [6.07, 6.45) is 2.69. The summed E-state index contributed by atoms with van der Waals surface area (Å²) in [6.45, 7) is 0.869. The van der Waals surface area contributed by atoms with Crippen LogP contribution in [0.1, 0.15) is 47.7 Å². The van der Waals surface area contributed by atoms with Gasteiger partial charge in [-0.25, -0.2) is 8.42 Å². The van der Waals surface area contributed by atoms with Gasteiger partial charge in [0, 0.05) is 25.2 Å². The summed E-state index contributed by atoms with van der Waals surface area (Å²) < 4.78 is 32.7. The molecule has 31 heavy (non-hydrogen) atoms. The van der Waals surface area contributed by atoms with Gasteiger partial charge in [0.2, 0.25) is 10.0 Å². The number of nitrogens with zero attached hydrogens (tertiary/aromatic N) is 1. The molecule has 0 aromatic heterocycles. The number of hydrogen-bond donors (Lipinski definition) is 2. The monoisotopic (exact) mass is 466 g/mol. The fourth-order valence-corrected chi connectivity index (χ4v) is 5.52. The Morgan fingerprint density at radius 3 is 2.39 bits per heavy atom. The molecular weight excluding hydrogens is 440 g/mol. The van der Waals surface area contributed by atoms with Crippen LogP contribution in [0.25, 0.3) is 0 Å². The number of aliphatic hydroxyl groups excluding tert-OH is 1. The summed E-state index contributed by atoms with van der Waals surface area (Å²) in [5.74, 6) is 0.177. The minimum atomic E-state index is -3.79. The molecule has 0 spiro atoms. The molecule has 0 aliphatic carbocycles. The Hall–Kier alpha value is -2.13. The molecule has 1 fully saturated rings. The molecule has 1 saturated heterocycles. The van der Waals surface area contributed by atoms with E-state index in [1.54, 1.807) is 31.4 Å². The standard InChI is InChI=1S/C22H27ClN2O5S/c1-30-18-9-6-16(7-10-18)20(26)15-24-22(27)17-8-11-19(23)21(14-17)31(28,29)25-12-4-2-3-5-13-25/h6-11,14,20,26H,2-5,12-13,15H2,1H3,(H,24,27). The predicted molar refractivity (Wildman–Crippen MR) is 119 cm³/mol. The number of carbonyl (C=O) groups is 1. The third-order valence-corrected chi connectivity index (χ3v) is 7.71. The summed E-state index contributed by atoms with van der Waals surface area (Å²) in [6, 6.07) is 11.1. The largest absolute Gasteiger partial charge is 0.497 e. The minimum absolute atomic E-state index is 0.0258. The second-order valence-electron chi connectivity index (χ2n) is 7.46. The number of carbonyl (C=O) groups excluding carboxylic acids is 1. The fraction of sp³-hybridized carbons (Fsp3) is 0.409. The van der Waals surface area contributed by atoms with Crippen molar-refractivity contribution in [1.29, 1.82) is 0 Å². The molecule has 1 aliphatic heterocycles. The van der Waals surface area contributed by atoms with Crippen LogP contribution in [0.15, 0.2) is 47.4 Å². The molecule has 1 amide bonds. The zero-order chi connectivity index (χ0) is 22.4. The summed E-state index contributed by atoms with van der Waals surface area (Å²) >= 11 is 6.19. The normalized spacial score (nSPS) is 16.4. The number of hydrogen-bond acceptors (Lipinski definition) is 5. The van der Waals surface area contributed by atoms with Crippen LogP contribution >= 0.6 is 11.6 Å². The summed E-state index contributed by atoms with van der Waals surface area (Å²) in [5, 5.41) is 13.0. The Bertz CT molecular complexity index is 1000. The number of halogens is 1. The van der Waals surface area contributed by atoms with Crippen LogP contribution in [-0.2, 0) is 10.0 Å². The minimum Gasteiger partial charge on any atom is -0.497 e. The quantitative estimate of drug-likeness (QED) is 0.652. The van der Waals surface area contributed by atoms with Gasteiger partial charge in [0.05, 0.1) is 18.2 Å². The maximum absolute atomic E-state index is 13.1. The van der Waals surface area contributed by atoms with Crippen molar-refractivity contribution >= 4 is 27.5 Å². The van der Waals surface area contributed by atoms with Gasteiger partial charge in [-0.05, 0) is 48.7 Å². The lowest BCUT2D eigenvalue weighted by Crippen LogP contribution is -2.32. The first-order valence-corrected chi connectivity index (χ1v) is 12.0. The molecule has 1 unspecified atom stereocenters. The number of aliphatic hydroxyl groups is 1. The number of benzene rings is 2. The summed E-state index contributed by atoms with van der Waals surface area (Å²) in [5.41, 5.74) is 0.793. The molecule has 3 rings (SSSR count). The van der Waals surface area contributed by atoms with Crippen molar-refractivity contribution in [1.82, 2.24) is 9.62 Å². The number of sulfonamides is 1. The van der Waals surface area contributed by atoms with Gasteiger partial charge < -0.3 is 15.2 Å². The van der Waals surface area contributed by atoms with Crippen LogP contribution in [0, 0.1) is 0 Å². The zero-order valence-electron chi connectivity index (χ0n) is 17.4. The van der Waals surface area contributed by atoms with Crippen LogP contribution in [-0.4, -0.2) is 50.5 Å². The van der Waals surface area contributed by atoms with Crippen molar-refractivity contribution in [3.8, 4) is 5.75 Å². The van der Waals surface area contributed by atoms with Gasteiger partial charge in [-0.15, -0.1) is 0 Å². The lowest BCUT2D eigenvalue weighted by molar-refractivity contribution is 0.0916. The molecular formula is C22H27ClN2O5S. The van der Waals surface area contributed by atoms with Crippen LogP contribution < -0.4 is 10.1 Å². The van der Waals surface area contributed by atoms with E-state index in [-0.39, 0.29) is 22.0 Å². The van der Waals surface area contributed by atoms with Gasteiger partial charge in [0.15, 0.2) is 0 Å². The molecule has 0 saturated carbocycles. The molecule has 2 N–H and O–H groups in total. The number of rotatable bonds is 7. The maximum atomic E-state index is 13.1. The Morgan fingerprint density at radius 1 is 1.13 bits per heavy atom. The SMILES string of the molecule is COc1ccc(C(O)CNC(=O)c2ccc(Cl)c(S(=O)(=O)N3CCCCCC3)c2)cc1. The van der Waals surface area contributed by atoms with E-state index < -0.39 is 22.0 Å². The van der Waals surface area contributed by atoms with Crippen molar-refractivity contribution in [2.45, 2.75) is 36.7 Å². The first-order valence-electron chi connectivity index (χ1n) is 10.2. The van der Waals surface area contributed by atoms with Crippen LogP contribution in [0.2, 0.25) is 5.02 Å². The smallest absolute Gasteiger partial charge is 0.251 e. The average Bonchev–Trinajstić information content (AvgIpc) is 3.07. The Balaban J connectivity index is 1.71. The average molecular weight is 467 g/mol. The van der Waals surface area contributed by atoms with Crippen LogP contribution in [0.5, 0.6) is 5.75 Å². The fourth-order valence-electron chi connectivity index (χ4n) is 3.50. The van der Waals surface area contributed by atoms with E-state index in [4.69, 9.17) is 16.3 Å². The van der Waals surface area contributed by atoms with E-state index in [0.717, 1.165) is 25.7 Å². The molecule has 1 aliphatic rings. The van der Waals surface area contributed by atoms with E-state index in [0.29, 0.717) is 24.4 Å². The number of amides is 1. The van der Waals surface area contributed by atoms with Crippen LogP contribution in [0.4, 0.5) is 0 Å². The maximum Gasteiger partial charge on any atom is 0.251 e. The van der Waals surface area contributed by atoms with Gasteiger partial charge >= 0.3 is 0 Å². The molecule has 1 atom stereocenters. The second kappa shape index (κ2) is 10.5. The highest BCUT2D eigenvalue weighted by atomic mass is 35.5. The van der Waals surface area contributed by atoms with Crippen molar-refractivity contribution in [2.24, 2.45) is 0 Å². The molecule has 0 bridgehead atoms. The Kier molecular flexibility index (Phi) is 7.94. The lowest BCUT2D eigenvalue weighted by Gasteiger charge is -2.21. The topological polar surface area (TPSA) is 95.9 Å². The highest BCUT2D eigenvalue weighted by Gasteiger charge is 2.28. The first-order chi connectivity index (χ1) is 14.8. The van der Waals surface area contributed by atoms with E-state index in [1.807, 2.05) is 0 Å². The van der Waals surface area contributed by atoms with Crippen LogP contribution in [0.3, 0.4) is 0 Å². The number of methoxy groups -OCH3 is 1. The van der Waals surface area contributed by atoms with E-state index >= 15 is 0 Å². The molecule has 7 nitrogen and oxygen atoms in total. The third-order valence-electron chi connectivity index (χ3n) is 5.33. The summed E-state index contributed by atoms with van der Waals surface area (Å²) in [7, 11) is -2.24.